The molecular formula is C20H33N3O5. The van der Waals surface area contributed by atoms with Crippen LogP contribution in [0.4, 0.5) is 5.69 Å². The summed E-state index contributed by atoms with van der Waals surface area (Å²) < 4.78 is 27.3. The van der Waals surface area contributed by atoms with Gasteiger partial charge in [-0.05, 0) is 25.5 Å². The van der Waals surface area contributed by atoms with Gasteiger partial charge in [0, 0.05) is 51.6 Å². The molecule has 1 aliphatic rings. The highest BCUT2D eigenvalue weighted by molar-refractivity contribution is 5.93. The van der Waals surface area contributed by atoms with Gasteiger partial charge in [0.15, 0.2) is 17.5 Å². The molecule has 1 aromatic carbocycles. The molecule has 0 atom stereocenters. The number of benzene rings is 1. The normalized spacial score (nSPS) is 13.9. The molecule has 0 bridgehead atoms. The number of ether oxygens (including phenoxy) is 5. The first-order valence-electron chi connectivity index (χ1n) is 9.93. The Bertz CT molecular complexity index is 583. The smallest absolute Gasteiger partial charge is 0.195 e. The molecule has 0 amide bonds. The molecule has 8 heteroatoms. The number of nitrogens with one attached hydrogen (secondary N) is 2. The Morgan fingerprint density at radius 1 is 1.07 bits per heavy atom. The minimum atomic E-state index is 0.606. The molecule has 0 saturated heterocycles. The van der Waals surface area contributed by atoms with Crippen molar-refractivity contribution in [1.82, 2.24) is 5.32 Å². The number of aliphatic imine (C=N–C) groups is 1. The van der Waals surface area contributed by atoms with Gasteiger partial charge in [-0.3, -0.25) is 4.99 Å². The molecule has 1 aliphatic heterocycles. The van der Waals surface area contributed by atoms with Crippen LogP contribution in [0.15, 0.2) is 23.2 Å². The lowest BCUT2D eigenvalue weighted by molar-refractivity contribution is 0.0702. The van der Waals surface area contributed by atoms with Crippen molar-refractivity contribution in [2.24, 2.45) is 4.99 Å². The summed E-state index contributed by atoms with van der Waals surface area (Å²) in [6, 6.07) is 5.82. The van der Waals surface area contributed by atoms with Gasteiger partial charge in [-0.25, -0.2) is 0 Å². The summed E-state index contributed by atoms with van der Waals surface area (Å²) in [5, 5.41) is 6.61. The fourth-order valence-electron chi connectivity index (χ4n) is 2.51. The second kappa shape index (κ2) is 14.0. The van der Waals surface area contributed by atoms with E-state index in [1.54, 1.807) is 7.11 Å². The summed E-state index contributed by atoms with van der Waals surface area (Å²) in [6.45, 7) is 7.84. The van der Waals surface area contributed by atoms with Gasteiger partial charge in [0.2, 0.25) is 0 Å². The molecule has 0 unspecified atom stereocenters. The van der Waals surface area contributed by atoms with E-state index in [2.05, 4.69) is 15.6 Å². The van der Waals surface area contributed by atoms with Gasteiger partial charge in [-0.1, -0.05) is 0 Å². The zero-order valence-corrected chi connectivity index (χ0v) is 17.0. The van der Waals surface area contributed by atoms with Crippen molar-refractivity contribution < 1.29 is 23.7 Å². The molecule has 1 aromatic rings. The third-order valence-corrected chi connectivity index (χ3v) is 3.90. The van der Waals surface area contributed by atoms with Gasteiger partial charge in [-0.2, -0.15) is 0 Å². The Morgan fingerprint density at radius 2 is 1.93 bits per heavy atom. The van der Waals surface area contributed by atoms with Gasteiger partial charge in [0.1, 0.15) is 0 Å². The van der Waals surface area contributed by atoms with Crippen molar-refractivity contribution in [1.29, 1.82) is 0 Å². The summed E-state index contributed by atoms with van der Waals surface area (Å²) in [5.41, 5.74) is 0.892. The summed E-state index contributed by atoms with van der Waals surface area (Å²) >= 11 is 0. The summed E-state index contributed by atoms with van der Waals surface area (Å²) in [6.07, 6.45) is 1.72. The molecule has 158 valence electrons. The molecule has 0 radical (unpaired) electrons. The van der Waals surface area contributed by atoms with Crippen LogP contribution in [0.25, 0.3) is 0 Å². The van der Waals surface area contributed by atoms with Crippen molar-refractivity contribution in [3.05, 3.63) is 18.2 Å². The topological polar surface area (TPSA) is 82.6 Å². The zero-order chi connectivity index (χ0) is 19.9. The van der Waals surface area contributed by atoms with Gasteiger partial charge in [0.25, 0.3) is 0 Å². The molecule has 2 rings (SSSR count). The van der Waals surface area contributed by atoms with E-state index in [4.69, 9.17) is 23.7 Å². The predicted molar refractivity (Wildman–Crippen MR) is 110 cm³/mol. The molecule has 1 heterocycles. The number of nitrogens with zero attached hydrogens (tertiary/aromatic N) is 1. The van der Waals surface area contributed by atoms with Crippen LogP contribution in [0.3, 0.4) is 0 Å². The van der Waals surface area contributed by atoms with E-state index >= 15 is 0 Å². The van der Waals surface area contributed by atoms with Gasteiger partial charge in [-0.15, -0.1) is 0 Å². The maximum atomic E-state index is 5.76. The van der Waals surface area contributed by atoms with Crippen LogP contribution in [0.2, 0.25) is 0 Å². The zero-order valence-electron chi connectivity index (χ0n) is 17.0. The third-order valence-electron chi connectivity index (χ3n) is 3.90. The van der Waals surface area contributed by atoms with Crippen molar-refractivity contribution >= 4 is 11.6 Å². The number of anilines is 1. The van der Waals surface area contributed by atoms with Crippen LogP contribution in [0.1, 0.15) is 19.8 Å². The van der Waals surface area contributed by atoms with Crippen molar-refractivity contribution in [2.45, 2.75) is 19.8 Å². The number of methoxy groups -OCH3 is 1. The fourth-order valence-corrected chi connectivity index (χ4v) is 2.51. The molecule has 0 aromatic heterocycles. The Kier molecular flexibility index (Phi) is 11.2. The number of rotatable bonds is 12. The highest BCUT2D eigenvalue weighted by Gasteiger charge is 2.11. The van der Waals surface area contributed by atoms with E-state index in [1.807, 2.05) is 25.1 Å². The average molecular weight is 396 g/mol. The first-order chi connectivity index (χ1) is 13.8. The van der Waals surface area contributed by atoms with Crippen LogP contribution in [-0.4, -0.2) is 72.4 Å². The monoisotopic (exact) mass is 395 g/mol. The average Bonchev–Trinajstić information content (AvgIpc) is 2.95. The van der Waals surface area contributed by atoms with E-state index in [-0.39, 0.29) is 0 Å². The van der Waals surface area contributed by atoms with Crippen molar-refractivity contribution in [3.8, 4) is 11.5 Å². The fraction of sp³-hybridized carbons (Fsp3) is 0.650. The first kappa shape index (κ1) is 22.3. The number of guanidine groups is 1. The lowest BCUT2D eigenvalue weighted by atomic mass is 10.3. The molecule has 0 saturated carbocycles. The summed E-state index contributed by atoms with van der Waals surface area (Å²) in [7, 11) is 1.67. The summed E-state index contributed by atoms with van der Waals surface area (Å²) in [4.78, 5) is 4.62. The highest BCUT2D eigenvalue weighted by Crippen LogP contribution is 2.32. The number of fused-ring (bicyclic) bond motifs is 1. The van der Waals surface area contributed by atoms with Crippen molar-refractivity contribution in [2.75, 3.05) is 71.8 Å². The first-order valence-corrected chi connectivity index (χ1v) is 9.93. The Morgan fingerprint density at radius 3 is 2.75 bits per heavy atom. The lowest BCUT2D eigenvalue weighted by Crippen LogP contribution is -2.33. The van der Waals surface area contributed by atoms with E-state index in [0.29, 0.717) is 65.3 Å². The molecule has 28 heavy (non-hydrogen) atoms. The number of hydrogen-bond acceptors (Lipinski definition) is 6. The van der Waals surface area contributed by atoms with Crippen LogP contribution in [-0.2, 0) is 14.2 Å². The third kappa shape index (κ3) is 8.77. The van der Waals surface area contributed by atoms with E-state index in [9.17, 15) is 0 Å². The summed E-state index contributed by atoms with van der Waals surface area (Å²) in [5.74, 6) is 2.23. The minimum absolute atomic E-state index is 0.606. The Labute approximate surface area is 167 Å². The van der Waals surface area contributed by atoms with Gasteiger partial charge in [0.05, 0.1) is 33.0 Å². The van der Waals surface area contributed by atoms with Crippen LogP contribution >= 0.6 is 0 Å². The van der Waals surface area contributed by atoms with Crippen molar-refractivity contribution in [3.63, 3.8) is 0 Å². The molecular weight excluding hydrogens is 362 g/mol. The maximum Gasteiger partial charge on any atom is 0.195 e. The Hall–Kier alpha value is -2.03. The Balaban J connectivity index is 1.88. The minimum Gasteiger partial charge on any atom is -0.490 e. The standard InChI is InChI=1S/C20H33N3O5/c1-3-25-13-9-22-20(21-8-4-10-26-15-14-24-2)23-17-6-7-18-19(16-17)28-12-5-11-27-18/h6-7,16H,3-5,8-15H2,1-2H3,(H2,21,22,23). The van der Waals surface area contributed by atoms with Gasteiger partial charge >= 0.3 is 0 Å². The van der Waals surface area contributed by atoms with Crippen LogP contribution in [0.5, 0.6) is 11.5 Å². The highest BCUT2D eigenvalue weighted by atomic mass is 16.5. The largest absolute Gasteiger partial charge is 0.490 e. The second-order valence-electron chi connectivity index (χ2n) is 6.15. The second-order valence-corrected chi connectivity index (χ2v) is 6.15. The maximum absolute atomic E-state index is 5.76. The lowest BCUT2D eigenvalue weighted by Gasteiger charge is -2.14. The van der Waals surface area contributed by atoms with Gasteiger partial charge < -0.3 is 34.3 Å². The molecule has 0 aliphatic carbocycles. The van der Waals surface area contributed by atoms with E-state index in [0.717, 1.165) is 30.0 Å². The van der Waals surface area contributed by atoms with E-state index in [1.165, 1.54) is 0 Å². The molecule has 2 N–H and O–H groups in total. The SMILES string of the molecule is CCOCCNC(=NCCCOCCOC)Nc1ccc2c(c1)OCCCO2. The number of hydrogen-bond donors (Lipinski definition) is 2. The van der Waals surface area contributed by atoms with Crippen LogP contribution in [0, 0.1) is 0 Å². The molecule has 0 fully saturated rings. The predicted octanol–water partition coefficient (Wildman–Crippen LogP) is 2.29. The molecule has 8 nitrogen and oxygen atoms in total. The quantitative estimate of drug-likeness (QED) is 0.319. The molecule has 0 spiro atoms. The van der Waals surface area contributed by atoms with Crippen LogP contribution < -0.4 is 20.1 Å². The van der Waals surface area contributed by atoms with E-state index < -0.39 is 0 Å².